The van der Waals surface area contributed by atoms with Crippen molar-refractivity contribution in [3.05, 3.63) is 34.7 Å². The lowest BCUT2D eigenvalue weighted by atomic mass is 9.42. The monoisotopic (exact) mass is 900 g/mol. The number of fused-ring (bicyclic) bond motifs is 8. The number of Topliss-reactive ketones (excluding diaryl/α,β-unsaturated/α-hetero) is 1. The Morgan fingerprint density at radius 3 is 2.47 bits per heavy atom. The van der Waals surface area contributed by atoms with Crippen molar-refractivity contribution in [2.75, 3.05) is 13.2 Å². The first-order valence-corrected chi connectivity index (χ1v) is 25.1. The number of nitrogens with two attached hydrogens (primary N) is 1. The Labute approximate surface area is 379 Å². The number of nitrogens with one attached hydrogen (secondary N) is 2. The zero-order chi connectivity index (χ0) is 46.1. The number of aliphatic hydroxyl groups is 9. The molecule has 64 heavy (non-hydrogen) atoms. The maximum Gasteiger partial charge on any atom is 0.182 e. The Hall–Kier alpha value is -1.95. The van der Waals surface area contributed by atoms with Gasteiger partial charge in [0.2, 0.25) is 0 Å². The van der Waals surface area contributed by atoms with Crippen LogP contribution in [-0.2, 0) is 9.53 Å². The first kappa shape index (κ1) is 48.5. The van der Waals surface area contributed by atoms with Gasteiger partial charge < -0.3 is 67.1 Å². The second-order valence-electron chi connectivity index (χ2n) is 22.4. The minimum Gasteiger partial charge on any atom is -0.396 e. The minimum absolute atomic E-state index is 0.00661. The van der Waals surface area contributed by atoms with Crippen LogP contribution in [0.4, 0.5) is 0 Å². The van der Waals surface area contributed by atoms with Crippen LogP contribution in [0.1, 0.15) is 143 Å². The summed E-state index contributed by atoms with van der Waals surface area (Å²) >= 11 is 0. The molecule has 0 aromatic heterocycles. The van der Waals surface area contributed by atoms with Crippen LogP contribution in [-0.4, -0.2) is 131 Å². The maximum atomic E-state index is 15.3. The molecule has 2 heterocycles. The molecule has 6 aliphatic carbocycles. The van der Waals surface area contributed by atoms with E-state index < -0.39 is 88.2 Å². The van der Waals surface area contributed by atoms with Crippen LogP contribution in [0.2, 0.25) is 0 Å². The molecule has 8 rings (SSSR count). The highest BCUT2D eigenvalue weighted by Crippen LogP contribution is 2.71. The molecule has 19 atom stereocenters. The number of carbonyl (C=O) groups is 1. The molecule has 0 bridgehead atoms. The third-order valence-corrected chi connectivity index (χ3v) is 18.8. The van der Waals surface area contributed by atoms with Gasteiger partial charge in [0.15, 0.2) is 5.78 Å². The third-order valence-electron chi connectivity index (χ3n) is 18.8. The molecule has 0 aromatic carbocycles. The summed E-state index contributed by atoms with van der Waals surface area (Å²) in [7, 11) is 0. The van der Waals surface area contributed by atoms with Crippen LogP contribution in [0.15, 0.2) is 34.7 Å². The SMILES string of the molecule is CCC[C@@H]1CC[C@H]2[C@@H]3[C@H](O)CCC[C@](O)([C@](C)(O)[C@H]4CC[C@@]5(O)C6=C(NC[C@H](C)O)C(=O)[C@@H]7C[C@@H](O)[C@@H](O)C[C@]7(CCC7=C(CCCO)NC(N)C=C7)[C@H]6[C@H](O)C[C@]45C)[C@@H]3O[C@@H]2CC1. The zero-order valence-electron chi connectivity index (χ0n) is 38.8. The van der Waals surface area contributed by atoms with Gasteiger partial charge in [-0.15, -0.1) is 0 Å². The summed E-state index contributed by atoms with van der Waals surface area (Å²) in [5, 5.41) is 115. The van der Waals surface area contributed by atoms with Gasteiger partial charge in [-0.05, 0) is 151 Å². The van der Waals surface area contributed by atoms with E-state index in [9.17, 15) is 46.0 Å². The highest BCUT2D eigenvalue weighted by molar-refractivity contribution is 6.00. The van der Waals surface area contributed by atoms with Crippen molar-refractivity contribution in [2.24, 2.45) is 52.1 Å². The van der Waals surface area contributed by atoms with E-state index in [1.807, 2.05) is 19.1 Å². The number of carbonyl (C=O) groups excluding carboxylic acids is 1. The largest absolute Gasteiger partial charge is 0.396 e. The van der Waals surface area contributed by atoms with E-state index in [-0.39, 0.29) is 81.1 Å². The Morgan fingerprint density at radius 1 is 1.00 bits per heavy atom. The quantitative estimate of drug-likeness (QED) is 0.127. The molecule has 1 unspecified atom stereocenters. The molecule has 8 aliphatic rings. The van der Waals surface area contributed by atoms with Crippen LogP contribution in [0.5, 0.6) is 0 Å². The van der Waals surface area contributed by atoms with E-state index in [1.54, 1.807) is 13.8 Å². The van der Waals surface area contributed by atoms with E-state index in [4.69, 9.17) is 10.5 Å². The number of ether oxygens (including phenoxy) is 1. The topological polar surface area (TPSA) is 258 Å². The molecule has 0 amide bonds. The van der Waals surface area contributed by atoms with E-state index in [0.717, 1.165) is 49.8 Å². The summed E-state index contributed by atoms with van der Waals surface area (Å²) in [6, 6.07) is 0. The second-order valence-corrected chi connectivity index (χ2v) is 22.4. The predicted octanol–water partition coefficient (Wildman–Crippen LogP) is 2.71. The molecule has 362 valence electrons. The van der Waals surface area contributed by atoms with Crippen LogP contribution in [0.3, 0.4) is 0 Å². The van der Waals surface area contributed by atoms with Gasteiger partial charge in [-0.2, -0.15) is 0 Å². The number of hydrogen-bond donors (Lipinski definition) is 12. The number of hydrogen-bond acceptors (Lipinski definition) is 14. The lowest BCUT2D eigenvalue weighted by Crippen LogP contribution is -2.71. The van der Waals surface area contributed by atoms with Gasteiger partial charge in [-0.1, -0.05) is 39.2 Å². The van der Waals surface area contributed by atoms with Crippen molar-refractivity contribution in [1.82, 2.24) is 10.6 Å². The van der Waals surface area contributed by atoms with Gasteiger partial charge in [0.25, 0.3) is 0 Å². The molecule has 5 saturated carbocycles. The molecular weight excluding hydrogens is 819 g/mol. The molecule has 14 heteroatoms. The molecule has 1 saturated heterocycles. The molecule has 6 fully saturated rings. The van der Waals surface area contributed by atoms with Crippen molar-refractivity contribution in [3.8, 4) is 0 Å². The Balaban J connectivity index is 1.20. The average molecular weight is 900 g/mol. The predicted molar refractivity (Wildman–Crippen MR) is 240 cm³/mol. The summed E-state index contributed by atoms with van der Waals surface area (Å²) in [6.45, 7) is 7.29. The van der Waals surface area contributed by atoms with Gasteiger partial charge in [0.05, 0.1) is 65.8 Å². The first-order valence-electron chi connectivity index (χ1n) is 25.1. The third kappa shape index (κ3) is 7.78. The number of allylic oxidation sites excluding steroid dienone is 4. The van der Waals surface area contributed by atoms with Gasteiger partial charge in [0.1, 0.15) is 5.60 Å². The smallest absolute Gasteiger partial charge is 0.182 e. The molecule has 14 nitrogen and oxygen atoms in total. The molecule has 13 N–H and O–H groups in total. The summed E-state index contributed by atoms with van der Waals surface area (Å²) in [5.41, 5.74) is 0.569. The number of aliphatic hydroxyl groups excluding tert-OH is 6. The molecule has 0 radical (unpaired) electrons. The standard InChI is InChI=1S/C50H81N3O11/c1-5-8-28-11-14-30-37(15-12-28)64-45-40(30)33(56)10-6-19-50(45,63)47(4,61)38-18-21-49(62)42-41(36(59)24-46(38,49)3)48(20-17-29-13-16-39(51)53-32(29)9-7-22-54)25-35(58)34(57)23-31(48)44(60)43(42)52-26-27(2)55/h13,16,27-28,30-31,33-41,45,52-59,61-63H,5-12,14-15,17-26,51H2,1-4H3/t27-,28+,30+,31-,33+,34+,35-,36+,37+,38-,39?,40+,41-,45+,46+,47+,48-,49+,50+/m0/s1. The van der Waals surface area contributed by atoms with Gasteiger partial charge >= 0.3 is 0 Å². The Morgan fingerprint density at radius 2 is 1.75 bits per heavy atom. The maximum absolute atomic E-state index is 15.3. The van der Waals surface area contributed by atoms with Gasteiger partial charge in [-0.25, -0.2) is 0 Å². The van der Waals surface area contributed by atoms with Gasteiger partial charge in [0, 0.05) is 42.0 Å². The Kier molecular flexibility index (Phi) is 13.8. The lowest BCUT2D eigenvalue weighted by molar-refractivity contribution is -0.258. The van der Waals surface area contributed by atoms with E-state index >= 15 is 4.79 Å². The fourth-order valence-electron chi connectivity index (χ4n) is 15.7. The highest BCUT2D eigenvalue weighted by atomic mass is 16.5. The molecular formula is C50H81N3O11. The molecule has 0 spiro atoms. The average Bonchev–Trinajstić information content (AvgIpc) is 3.62. The molecule has 2 aliphatic heterocycles. The second kappa shape index (κ2) is 18.2. The van der Waals surface area contributed by atoms with Gasteiger partial charge in [-0.3, -0.25) is 4.79 Å². The number of ketones is 1. The zero-order valence-corrected chi connectivity index (χ0v) is 38.8. The summed E-state index contributed by atoms with van der Waals surface area (Å²) in [4.78, 5) is 15.3. The number of dihydropyridines is 1. The fourth-order valence-corrected chi connectivity index (χ4v) is 15.7. The number of rotatable bonds is 13. The van der Waals surface area contributed by atoms with Crippen LogP contribution >= 0.6 is 0 Å². The van der Waals surface area contributed by atoms with E-state index in [0.29, 0.717) is 50.0 Å². The van der Waals surface area contributed by atoms with E-state index in [2.05, 4.69) is 17.6 Å². The van der Waals surface area contributed by atoms with Crippen molar-refractivity contribution >= 4 is 5.78 Å². The minimum atomic E-state index is -1.88. The highest BCUT2D eigenvalue weighted by Gasteiger charge is 2.75. The summed E-state index contributed by atoms with van der Waals surface area (Å²) < 4.78 is 6.93. The van der Waals surface area contributed by atoms with Crippen molar-refractivity contribution < 1.29 is 55.5 Å². The normalized spacial score (nSPS) is 47.0. The molecule has 0 aromatic rings. The fraction of sp³-hybridized carbons (Fsp3) is 0.860. The van der Waals surface area contributed by atoms with Crippen LogP contribution in [0, 0.1) is 46.3 Å². The summed E-state index contributed by atoms with van der Waals surface area (Å²) in [6.07, 6.45) is 6.55. The Bertz CT molecular complexity index is 1820. The van der Waals surface area contributed by atoms with Crippen LogP contribution in [0.25, 0.3) is 0 Å². The van der Waals surface area contributed by atoms with Crippen molar-refractivity contribution in [2.45, 2.75) is 209 Å². The lowest BCUT2D eigenvalue weighted by Gasteiger charge is -2.64. The first-order chi connectivity index (χ1) is 30.3. The summed E-state index contributed by atoms with van der Waals surface area (Å²) in [5.74, 6) is -2.58. The van der Waals surface area contributed by atoms with Crippen LogP contribution < -0.4 is 16.4 Å². The van der Waals surface area contributed by atoms with Crippen molar-refractivity contribution in [3.63, 3.8) is 0 Å². The van der Waals surface area contributed by atoms with Crippen molar-refractivity contribution in [1.29, 1.82) is 0 Å². The van der Waals surface area contributed by atoms with E-state index in [1.165, 1.54) is 0 Å².